The molecule has 2 heterocycles. The lowest BCUT2D eigenvalue weighted by Gasteiger charge is -2.19. The molecule has 1 unspecified atom stereocenters. The summed E-state index contributed by atoms with van der Waals surface area (Å²) < 4.78 is 11.0. The number of imide groups is 1. The number of carbonyl (C=O) groups is 2. The van der Waals surface area contributed by atoms with E-state index < -0.39 is 11.6 Å². The van der Waals surface area contributed by atoms with E-state index in [1.807, 2.05) is 26.0 Å². The summed E-state index contributed by atoms with van der Waals surface area (Å²) in [7, 11) is 0. The minimum atomic E-state index is -1.14. The highest BCUT2D eigenvalue weighted by atomic mass is 16.5. The molecule has 3 rings (SSSR count). The molecule has 1 saturated heterocycles. The summed E-state index contributed by atoms with van der Waals surface area (Å²) in [6, 6.07) is 8.99. The molecule has 0 radical (unpaired) electrons. The first-order valence-electron chi connectivity index (χ1n) is 8.29. The number of hydrogen-bond donors (Lipinski definition) is 1. The number of urea groups is 1. The van der Waals surface area contributed by atoms with Crippen molar-refractivity contribution < 1.29 is 18.7 Å². The first kappa shape index (κ1) is 17.1. The van der Waals surface area contributed by atoms with Gasteiger partial charge in [0.1, 0.15) is 11.5 Å². The van der Waals surface area contributed by atoms with Crippen LogP contribution in [0.5, 0.6) is 5.75 Å². The smallest absolute Gasteiger partial charge is 0.325 e. The van der Waals surface area contributed by atoms with Gasteiger partial charge in [-0.3, -0.25) is 9.69 Å². The second kappa shape index (κ2) is 6.63. The van der Waals surface area contributed by atoms with E-state index in [0.717, 1.165) is 16.9 Å². The maximum absolute atomic E-state index is 12.6. The largest absolute Gasteiger partial charge is 0.494 e. The molecule has 0 spiro atoms. The number of nitrogens with one attached hydrogen (secondary N) is 1. The number of hydrogen-bond acceptors (Lipinski definition) is 4. The molecule has 3 amide bonds. The van der Waals surface area contributed by atoms with E-state index in [4.69, 9.17) is 9.15 Å². The monoisotopic (exact) mass is 342 g/mol. The highest BCUT2D eigenvalue weighted by Gasteiger charge is 2.50. The van der Waals surface area contributed by atoms with Gasteiger partial charge >= 0.3 is 6.03 Å². The lowest BCUT2D eigenvalue weighted by atomic mass is 9.99. The molecule has 1 aliphatic rings. The lowest BCUT2D eigenvalue weighted by Crippen LogP contribution is -2.40. The molecule has 1 aliphatic heterocycles. The van der Waals surface area contributed by atoms with Crippen LogP contribution in [0.1, 0.15) is 30.2 Å². The van der Waals surface area contributed by atoms with Gasteiger partial charge in [0.05, 0.1) is 12.9 Å². The summed E-state index contributed by atoms with van der Waals surface area (Å²) in [5.41, 5.74) is 1.13. The quantitative estimate of drug-likeness (QED) is 0.647. The van der Waals surface area contributed by atoms with Gasteiger partial charge in [0.15, 0.2) is 5.54 Å². The Balaban J connectivity index is 1.56. The second-order valence-electron chi connectivity index (χ2n) is 6.51. The molecule has 1 fully saturated rings. The SMILES string of the molecule is Cc1cc(C)cc(OCCCN2C(=O)NC(C)(c3ccco3)C2=O)c1. The fourth-order valence-electron chi connectivity index (χ4n) is 3.06. The van der Waals surface area contributed by atoms with Crippen LogP contribution >= 0.6 is 0 Å². The Labute approximate surface area is 146 Å². The van der Waals surface area contributed by atoms with Crippen molar-refractivity contribution in [2.24, 2.45) is 0 Å². The predicted octanol–water partition coefficient (Wildman–Crippen LogP) is 3.13. The van der Waals surface area contributed by atoms with Crippen molar-refractivity contribution in [1.29, 1.82) is 0 Å². The fourth-order valence-corrected chi connectivity index (χ4v) is 3.06. The summed E-state index contributed by atoms with van der Waals surface area (Å²) >= 11 is 0. The number of amides is 3. The molecule has 1 N–H and O–H groups in total. The van der Waals surface area contributed by atoms with Crippen LogP contribution < -0.4 is 10.1 Å². The fraction of sp³-hybridized carbons (Fsp3) is 0.368. The molecule has 1 atom stereocenters. The first-order chi connectivity index (χ1) is 11.9. The summed E-state index contributed by atoms with van der Waals surface area (Å²) in [5.74, 6) is 0.925. The van der Waals surface area contributed by atoms with Gasteiger partial charge < -0.3 is 14.5 Å². The van der Waals surface area contributed by atoms with E-state index in [0.29, 0.717) is 25.3 Å². The molecule has 0 aliphatic carbocycles. The highest BCUT2D eigenvalue weighted by Crippen LogP contribution is 2.29. The van der Waals surface area contributed by atoms with Gasteiger partial charge in [-0.25, -0.2) is 4.79 Å². The van der Waals surface area contributed by atoms with Crippen molar-refractivity contribution >= 4 is 11.9 Å². The molecule has 6 nitrogen and oxygen atoms in total. The molecule has 0 saturated carbocycles. The third kappa shape index (κ3) is 3.38. The minimum absolute atomic E-state index is 0.297. The summed E-state index contributed by atoms with van der Waals surface area (Å²) in [5, 5.41) is 2.71. The van der Waals surface area contributed by atoms with Crippen LogP contribution in [-0.2, 0) is 10.3 Å². The van der Waals surface area contributed by atoms with E-state index in [1.54, 1.807) is 19.1 Å². The molecule has 2 aromatic rings. The first-order valence-corrected chi connectivity index (χ1v) is 8.29. The summed E-state index contributed by atoms with van der Waals surface area (Å²) in [6.45, 7) is 6.41. The minimum Gasteiger partial charge on any atom is -0.494 e. The third-order valence-electron chi connectivity index (χ3n) is 4.28. The number of carbonyl (C=O) groups excluding carboxylic acids is 2. The third-order valence-corrected chi connectivity index (χ3v) is 4.28. The zero-order chi connectivity index (χ0) is 18.0. The van der Waals surface area contributed by atoms with Crippen molar-refractivity contribution in [3.05, 3.63) is 53.5 Å². The van der Waals surface area contributed by atoms with Crippen LogP contribution in [0.15, 0.2) is 41.0 Å². The van der Waals surface area contributed by atoms with Crippen molar-refractivity contribution in [3.63, 3.8) is 0 Å². The Morgan fingerprint density at radius 1 is 1.20 bits per heavy atom. The molecule has 6 heteroatoms. The van der Waals surface area contributed by atoms with Crippen LogP contribution in [0.3, 0.4) is 0 Å². The average molecular weight is 342 g/mol. The van der Waals surface area contributed by atoms with Gasteiger partial charge in [-0.1, -0.05) is 6.07 Å². The molecule has 132 valence electrons. The molecule has 1 aromatic heterocycles. The van der Waals surface area contributed by atoms with Gasteiger partial charge in [0.2, 0.25) is 0 Å². The van der Waals surface area contributed by atoms with E-state index in [9.17, 15) is 9.59 Å². The van der Waals surface area contributed by atoms with E-state index >= 15 is 0 Å². The van der Waals surface area contributed by atoms with Crippen LogP contribution in [-0.4, -0.2) is 30.0 Å². The van der Waals surface area contributed by atoms with Gasteiger partial charge in [-0.05, 0) is 62.6 Å². The standard InChI is InChI=1S/C19H22N2O4/c1-13-10-14(2)12-15(11-13)24-9-5-7-21-17(22)19(3,20-18(21)23)16-6-4-8-25-16/h4,6,8,10-12H,5,7,9H2,1-3H3,(H,20,23). The number of ether oxygens (including phenoxy) is 1. The summed E-state index contributed by atoms with van der Waals surface area (Å²) in [6.07, 6.45) is 2.04. The number of benzene rings is 1. The maximum Gasteiger partial charge on any atom is 0.325 e. The highest BCUT2D eigenvalue weighted by molar-refractivity contribution is 6.06. The zero-order valence-electron chi connectivity index (χ0n) is 14.7. The lowest BCUT2D eigenvalue weighted by molar-refractivity contribution is -0.131. The van der Waals surface area contributed by atoms with Gasteiger partial charge in [0, 0.05) is 6.54 Å². The molecular weight excluding hydrogens is 320 g/mol. The Bertz CT molecular complexity index is 764. The Morgan fingerprint density at radius 3 is 2.56 bits per heavy atom. The van der Waals surface area contributed by atoms with Gasteiger partial charge in [-0.15, -0.1) is 0 Å². The number of aryl methyl sites for hydroxylation is 2. The van der Waals surface area contributed by atoms with E-state index in [2.05, 4.69) is 11.4 Å². The van der Waals surface area contributed by atoms with Crippen molar-refractivity contribution in [2.45, 2.75) is 32.7 Å². The molecule has 1 aromatic carbocycles. The predicted molar refractivity (Wildman–Crippen MR) is 92.3 cm³/mol. The van der Waals surface area contributed by atoms with Crippen LogP contribution in [0.25, 0.3) is 0 Å². The zero-order valence-corrected chi connectivity index (χ0v) is 14.7. The average Bonchev–Trinajstić information content (AvgIpc) is 3.14. The maximum atomic E-state index is 12.6. The topological polar surface area (TPSA) is 71.8 Å². The Morgan fingerprint density at radius 2 is 1.92 bits per heavy atom. The second-order valence-corrected chi connectivity index (χ2v) is 6.51. The van der Waals surface area contributed by atoms with Crippen molar-refractivity contribution in [3.8, 4) is 5.75 Å². The van der Waals surface area contributed by atoms with Gasteiger partial charge in [-0.2, -0.15) is 0 Å². The number of furan rings is 1. The Hall–Kier alpha value is -2.76. The van der Waals surface area contributed by atoms with Crippen LogP contribution in [0.2, 0.25) is 0 Å². The molecule has 0 bridgehead atoms. The van der Waals surface area contributed by atoms with E-state index in [-0.39, 0.29) is 5.91 Å². The van der Waals surface area contributed by atoms with Crippen molar-refractivity contribution in [1.82, 2.24) is 10.2 Å². The normalized spacial score (nSPS) is 20.0. The summed E-state index contributed by atoms with van der Waals surface area (Å²) in [4.78, 5) is 26.0. The van der Waals surface area contributed by atoms with Gasteiger partial charge in [0.25, 0.3) is 5.91 Å². The number of rotatable bonds is 6. The van der Waals surface area contributed by atoms with Crippen LogP contribution in [0, 0.1) is 13.8 Å². The molecular formula is C19H22N2O4. The van der Waals surface area contributed by atoms with E-state index in [1.165, 1.54) is 11.2 Å². The number of nitrogens with zero attached hydrogens (tertiary/aromatic N) is 1. The molecule has 25 heavy (non-hydrogen) atoms. The van der Waals surface area contributed by atoms with Crippen LogP contribution in [0.4, 0.5) is 4.79 Å². The Kier molecular flexibility index (Phi) is 4.53. The van der Waals surface area contributed by atoms with Crippen molar-refractivity contribution in [2.75, 3.05) is 13.2 Å².